The van der Waals surface area contributed by atoms with Crippen LogP contribution >= 0.6 is 11.3 Å². The fraction of sp³-hybridized carbons (Fsp3) is 0.300. The minimum Gasteiger partial charge on any atom is -0.475 e. The fourth-order valence-corrected chi connectivity index (χ4v) is 3.72. The maximum Gasteiger partial charge on any atom is 0.490 e. The van der Waals surface area contributed by atoms with Gasteiger partial charge in [-0.15, -0.1) is 11.3 Å². The highest BCUT2D eigenvalue weighted by Crippen LogP contribution is 2.28. The summed E-state index contributed by atoms with van der Waals surface area (Å²) in [5.74, 6) is -2.75. The van der Waals surface area contributed by atoms with Gasteiger partial charge in [0.2, 0.25) is 0 Å². The monoisotopic (exact) mass is 453 g/mol. The van der Waals surface area contributed by atoms with Crippen LogP contribution in [0, 0.1) is 6.92 Å². The maximum atomic E-state index is 13.2. The van der Waals surface area contributed by atoms with Gasteiger partial charge in [-0.25, -0.2) is 9.78 Å². The highest BCUT2D eigenvalue weighted by Gasteiger charge is 2.38. The lowest BCUT2D eigenvalue weighted by Gasteiger charge is -2.35. The fourth-order valence-electron chi connectivity index (χ4n) is 3.06. The number of carboxylic acids is 1. The Bertz CT molecular complexity index is 1080. The van der Waals surface area contributed by atoms with E-state index in [0.717, 1.165) is 21.6 Å². The van der Waals surface area contributed by atoms with Crippen LogP contribution in [0.4, 0.5) is 13.2 Å². The molecule has 1 aliphatic heterocycles. The molecule has 0 aliphatic carbocycles. The van der Waals surface area contributed by atoms with Crippen molar-refractivity contribution >= 4 is 34.1 Å². The number of aromatic nitrogens is 2. The molecule has 1 N–H and O–H groups in total. The third-order valence-corrected chi connectivity index (χ3v) is 5.28. The van der Waals surface area contributed by atoms with Crippen molar-refractivity contribution in [1.29, 1.82) is 0 Å². The van der Waals surface area contributed by atoms with Gasteiger partial charge in [0.1, 0.15) is 0 Å². The molecule has 1 aliphatic rings. The summed E-state index contributed by atoms with van der Waals surface area (Å²) in [6, 6.07) is 9.39. The minimum atomic E-state index is -5.08. The first-order valence-electron chi connectivity index (χ1n) is 9.13. The largest absolute Gasteiger partial charge is 0.490 e. The lowest BCUT2D eigenvalue weighted by molar-refractivity contribution is -0.192. The van der Waals surface area contributed by atoms with Crippen molar-refractivity contribution in [2.24, 2.45) is 0 Å². The van der Waals surface area contributed by atoms with Gasteiger partial charge in [0.25, 0.3) is 5.91 Å². The van der Waals surface area contributed by atoms with Crippen molar-refractivity contribution in [1.82, 2.24) is 14.9 Å². The summed E-state index contributed by atoms with van der Waals surface area (Å²) in [6.45, 7) is 3.57. The third kappa shape index (κ3) is 5.36. The lowest BCUT2D eigenvalue weighted by Crippen LogP contribution is -2.43. The van der Waals surface area contributed by atoms with Gasteiger partial charge in [0, 0.05) is 23.5 Å². The van der Waals surface area contributed by atoms with E-state index >= 15 is 0 Å². The van der Waals surface area contributed by atoms with Crippen molar-refractivity contribution in [2.45, 2.75) is 19.1 Å². The van der Waals surface area contributed by atoms with Gasteiger partial charge in [-0.1, -0.05) is 18.2 Å². The maximum absolute atomic E-state index is 13.2. The number of para-hydroxylation sites is 1. The molecule has 2 aromatic heterocycles. The summed E-state index contributed by atoms with van der Waals surface area (Å²) in [7, 11) is 0. The Morgan fingerprint density at radius 1 is 1.26 bits per heavy atom. The van der Waals surface area contributed by atoms with E-state index in [4.69, 9.17) is 14.6 Å². The number of benzene rings is 1. The quantitative estimate of drug-likeness (QED) is 0.634. The van der Waals surface area contributed by atoms with E-state index in [9.17, 15) is 18.0 Å². The Balaban J connectivity index is 0.000000339. The molecule has 0 radical (unpaired) electrons. The van der Waals surface area contributed by atoms with Crippen LogP contribution < -0.4 is 0 Å². The second kappa shape index (κ2) is 9.40. The van der Waals surface area contributed by atoms with Gasteiger partial charge < -0.3 is 14.7 Å². The zero-order valence-electron chi connectivity index (χ0n) is 16.3. The Hall–Kier alpha value is -3.05. The first kappa shape index (κ1) is 22.6. The molecule has 31 heavy (non-hydrogen) atoms. The van der Waals surface area contributed by atoms with Gasteiger partial charge in [0.05, 0.1) is 41.0 Å². The van der Waals surface area contributed by atoms with Gasteiger partial charge in [-0.2, -0.15) is 13.2 Å². The van der Waals surface area contributed by atoms with Crippen LogP contribution in [-0.4, -0.2) is 57.8 Å². The molecule has 164 valence electrons. The lowest BCUT2D eigenvalue weighted by atomic mass is 10.1. The topological polar surface area (TPSA) is 92.6 Å². The van der Waals surface area contributed by atoms with Gasteiger partial charge >= 0.3 is 12.1 Å². The second-order valence-corrected chi connectivity index (χ2v) is 7.62. The average molecular weight is 453 g/mol. The highest BCUT2D eigenvalue weighted by atomic mass is 32.1. The predicted molar refractivity (Wildman–Crippen MR) is 107 cm³/mol. The smallest absolute Gasteiger partial charge is 0.475 e. The molecule has 11 heteroatoms. The molecule has 1 unspecified atom stereocenters. The number of carbonyl (C=O) groups excluding carboxylic acids is 1. The molecular weight excluding hydrogens is 435 g/mol. The molecule has 1 amide bonds. The van der Waals surface area contributed by atoms with Crippen molar-refractivity contribution in [3.63, 3.8) is 0 Å². The second-order valence-electron chi connectivity index (χ2n) is 6.56. The van der Waals surface area contributed by atoms with E-state index in [2.05, 4.69) is 9.97 Å². The zero-order chi connectivity index (χ0) is 22.6. The summed E-state index contributed by atoms with van der Waals surface area (Å²) < 4.78 is 37.3. The van der Waals surface area contributed by atoms with E-state index in [1.165, 1.54) is 0 Å². The summed E-state index contributed by atoms with van der Waals surface area (Å²) in [4.78, 5) is 32.9. The number of carbonyl (C=O) groups is 2. The number of aryl methyl sites for hydroxylation is 1. The molecule has 3 heterocycles. The molecule has 7 nitrogen and oxygen atoms in total. The number of hydrogen-bond acceptors (Lipinski definition) is 6. The number of pyridine rings is 1. The van der Waals surface area contributed by atoms with Crippen LogP contribution in [0.25, 0.3) is 10.9 Å². The van der Waals surface area contributed by atoms with Crippen LogP contribution in [0.15, 0.2) is 41.9 Å². The molecular formula is C20H18F3N3O4S. The number of hydrogen-bond donors (Lipinski definition) is 1. The molecule has 1 fully saturated rings. The Morgan fingerprint density at radius 2 is 1.97 bits per heavy atom. The van der Waals surface area contributed by atoms with Crippen molar-refractivity contribution in [2.75, 3.05) is 19.8 Å². The molecule has 1 atom stereocenters. The van der Waals surface area contributed by atoms with Crippen LogP contribution in [0.3, 0.4) is 0 Å². The number of halogens is 3. The number of fused-ring (bicyclic) bond motifs is 1. The number of alkyl halides is 3. The number of rotatable bonds is 2. The summed E-state index contributed by atoms with van der Waals surface area (Å²) >= 11 is 1.60. The molecule has 0 saturated carbocycles. The standard InChI is InChI=1S/C18H17N3O2S.C2HF3O2/c1-12-20-16(11-24-12)17-10-23-9-8-21(17)18(22)14-6-7-19-15-5-3-2-4-13(14)15;3-2(4,5)1(6)7/h2-7,11,17H,8-10H2,1H3;(H,6,7). The van der Waals surface area contributed by atoms with Crippen molar-refractivity contribution in [3.8, 4) is 0 Å². The predicted octanol–water partition coefficient (Wildman–Crippen LogP) is 3.85. The van der Waals surface area contributed by atoms with E-state index < -0.39 is 12.1 Å². The molecule has 0 bridgehead atoms. The first-order valence-corrected chi connectivity index (χ1v) is 10.0. The number of thiazole rings is 1. The number of ether oxygens (including phenoxy) is 1. The molecule has 4 rings (SSSR count). The van der Waals surface area contributed by atoms with Crippen LogP contribution in [0.5, 0.6) is 0 Å². The van der Waals surface area contributed by atoms with Crippen LogP contribution in [0.1, 0.15) is 27.1 Å². The number of nitrogens with zero attached hydrogens (tertiary/aromatic N) is 3. The van der Waals surface area contributed by atoms with Gasteiger partial charge in [-0.3, -0.25) is 9.78 Å². The van der Waals surface area contributed by atoms with Crippen LogP contribution in [0.2, 0.25) is 0 Å². The van der Waals surface area contributed by atoms with E-state index in [1.807, 2.05) is 41.5 Å². The molecule has 1 aromatic carbocycles. The SMILES string of the molecule is Cc1nc(C2COCCN2C(=O)c2ccnc3ccccc23)cs1.O=C(O)C(F)(F)F. The van der Waals surface area contributed by atoms with Gasteiger partial charge in [-0.05, 0) is 19.1 Å². The van der Waals surface area contributed by atoms with Crippen molar-refractivity contribution in [3.05, 3.63) is 58.2 Å². The van der Waals surface area contributed by atoms with E-state index in [0.29, 0.717) is 25.3 Å². The average Bonchev–Trinajstić information content (AvgIpc) is 3.19. The molecule has 0 spiro atoms. The van der Waals surface area contributed by atoms with Gasteiger partial charge in [0.15, 0.2) is 0 Å². The molecule has 1 saturated heterocycles. The number of morpholine rings is 1. The van der Waals surface area contributed by atoms with Crippen LogP contribution in [-0.2, 0) is 9.53 Å². The Kier molecular flexibility index (Phi) is 6.86. The minimum absolute atomic E-state index is 0.00699. The molecule has 3 aromatic rings. The summed E-state index contributed by atoms with van der Waals surface area (Å²) in [6.07, 6.45) is -3.39. The highest BCUT2D eigenvalue weighted by molar-refractivity contribution is 7.09. The van der Waals surface area contributed by atoms with E-state index in [1.54, 1.807) is 23.6 Å². The Labute approximate surface area is 179 Å². The van der Waals surface area contributed by atoms with Crippen molar-refractivity contribution < 1.29 is 32.6 Å². The third-order valence-electron chi connectivity index (χ3n) is 4.49. The van der Waals surface area contributed by atoms with E-state index in [-0.39, 0.29) is 11.9 Å². The number of aliphatic carboxylic acids is 1. The number of amides is 1. The number of carboxylic acid groups (broad SMARTS) is 1. The normalized spacial score (nSPS) is 16.5. The summed E-state index contributed by atoms with van der Waals surface area (Å²) in [5.41, 5.74) is 2.42. The first-order chi connectivity index (χ1) is 14.7. The zero-order valence-corrected chi connectivity index (χ0v) is 17.1. The summed E-state index contributed by atoms with van der Waals surface area (Å²) in [5, 5.41) is 11.0. The Morgan fingerprint density at radius 3 is 2.61 bits per heavy atom.